The number of amides is 3. The number of likely N-dealkylation sites (tertiary alicyclic amines) is 1. The summed E-state index contributed by atoms with van der Waals surface area (Å²) in [6, 6.07) is 17.7. The molecule has 1 heterocycles. The third-order valence-electron chi connectivity index (χ3n) is 6.83. The first-order valence-corrected chi connectivity index (χ1v) is 13.2. The predicted molar refractivity (Wildman–Crippen MR) is 150 cm³/mol. The number of carboxylic acid groups (broad SMARTS) is 1. The second-order valence-corrected chi connectivity index (χ2v) is 10.0. The minimum atomic E-state index is -1.07. The van der Waals surface area contributed by atoms with Gasteiger partial charge in [-0.05, 0) is 79.0 Å². The fourth-order valence-electron chi connectivity index (χ4n) is 4.74. The molecule has 10 nitrogen and oxygen atoms in total. The highest BCUT2D eigenvalue weighted by Gasteiger charge is 2.26. The first-order chi connectivity index (χ1) is 19.2. The number of rotatable bonds is 9. The molecule has 0 aromatic heterocycles. The number of carbonyl (C=O) groups is 3. The smallest absolute Gasteiger partial charge is 0.335 e. The van der Waals surface area contributed by atoms with Gasteiger partial charge < -0.3 is 31.3 Å². The summed E-state index contributed by atoms with van der Waals surface area (Å²) in [5.41, 5.74) is 2.32. The van der Waals surface area contributed by atoms with Crippen LogP contribution in [-0.4, -0.2) is 63.3 Å². The summed E-state index contributed by atoms with van der Waals surface area (Å²) in [6.45, 7) is 2.25. The first-order valence-electron chi connectivity index (χ1n) is 13.2. The van der Waals surface area contributed by atoms with Gasteiger partial charge in [-0.2, -0.15) is 0 Å². The van der Waals surface area contributed by atoms with Crippen molar-refractivity contribution in [2.45, 2.75) is 44.3 Å². The number of carbonyl (C=O) groups excluding carboxylic acids is 2. The Morgan fingerprint density at radius 2 is 1.48 bits per heavy atom. The van der Waals surface area contributed by atoms with Crippen molar-refractivity contribution in [2.24, 2.45) is 0 Å². The number of nitrogens with one attached hydrogen (secondary N) is 3. The molecular weight excluding hydrogens is 512 g/mol. The largest absolute Gasteiger partial charge is 0.508 e. The molecule has 1 aliphatic heterocycles. The van der Waals surface area contributed by atoms with E-state index in [1.54, 1.807) is 24.3 Å². The van der Waals surface area contributed by atoms with E-state index in [0.29, 0.717) is 18.8 Å². The lowest BCUT2D eigenvalue weighted by Gasteiger charge is -2.27. The zero-order chi connectivity index (χ0) is 28.5. The maximum Gasteiger partial charge on any atom is 0.335 e. The summed E-state index contributed by atoms with van der Waals surface area (Å²) < 4.78 is 0. The second kappa shape index (κ2) is 13.5. The molecule has 210 valence electrons. The van der Waals surface area contributed by atoms with Crippen LogP contribution < -0.4 is 16.0 Å². The molecule has 3 aromatic rings. The molecule has 0 aliphatic carbocycles. The van der Waals surface area contributed by atoms with Crippen molar-refractivity contribution < 1.29 is 29.7 Å². The van der Waals surface area contributed by atoms with E-state index in [4.69, 9.17) is 5.11 Å². The minimum absolute atomic E-state index is 0.0957. The quantitative estimate of drug-likeness (QED) is 0.239. The number of hydrogen-bond acceptors (Lipinski definition) is 6. The van der Waals surface area contributed by atoms with Crippen molar-refractivity contribution in [1.82, 2.24) is 15.5 Å². The summed E-state index contributed by atoms with van der Waals surface area (Å²) in [7, 11) is 0. The Bertz CT molecular complexity index is 1300. The fraction of sp³-hybridized carbons (Fsp3) is 0.300. The number of urea groups is 1. The summed E-state index contributed by atoms with van der Waals surface area (Å²) in [4.78, 5) is 39.7. The van der Waals surface area contributed by atoms with Crippen molar-refractivity contribution in [3.8, 4) is 11.5 Å². The van der Waals surface area contributed by atoms with Crippen LogP contribution in [0.4, 0.5) is 10.5 Å². The normalized spacial score (nSPS) is 16.4. The zero-order valence-corrected chi connectivity index (χ0v) is 22.0. The topological polar surface area (TPSA) is 151 Å². The second-order valence-electron chi connectivity index (χ2n) is 10.0. The highest BCUT2D eigenvalue weighted by molar-refractivity contribution is 5.94. The number of hydrogen-bond donors (Lipinski definition) is 6. The van der Waals surface area contributed by atoms with Gasteiger partial charge in [0.05, 0.1) is 5.56 Å². The summed E-state index contributed by atoms with van der Waals surface area (Å²) in [5, 5.41) is 36.8. The molecule has 10 heteroatoms. The first kappa shape index (κ1) is 28.4. The van der Waals surface area contributed by atoms with Gasteiger partial charge in [-0.3, -0.25) is 9.69 Å². The van der Waals surface area contributed by atoms with Crippen LogP contribution in [0, 0.1) is 0 Å². The number of aromatic hydroxyl groups is 2. The molecule has 40 heavy (non-hydrogen) atoms. The number of aromatic carboxylic acids is 1. The number of nitrogens with zero attached hydrogens (tertiary/aromatic N) is 1. The molecule has 0 saturated carbocycles. The van der Waals surface area contributed by atoms with Gasteiger partial charge in [0.15, 0.2) is 0 Å². The zero-order valence-electron chi connectivity index (χ0n) is 22.0. The van der Waals surface area contributed by atoms with E-state index in [-0.39, 0.29) is 35.4 Å². The molecule has 0 radical (unpaired) electrons. The van der Waals surface area contributed by atoms with E-state index in [1.165, 1.54) is 36.4 Å². The van der Waals surface area contributed by atoms with Gasteiger partial charge in [-0.1, -0.05) is 30.7 Å². The van der Waals surface area contributed by atoms with E-state index in [2.05, 4.69) is 20.9 Å². The van der Waals surface area contributed by atoms with Crippen LogP contribution in [0.3, 0.4) is 0 Å². The minimum Gasteiger partial charge on any atom is -0.508 e. The van der Waals surface area contributed by atoms with Gasteiger partial charge in [-0.25, -0.2) is 9.59 Å². The highest BCUT2D eigenvalue weighted by atomic mass is 16.4. The molecule has 2 atom stereocenters. The third kappa shape index (κ3) is 8.47. The Labute approximate surface area is 232 Å². The molecule has 1 saturated heterocycles. The molecule has 0 bridgehead atoms. The van der Waals surface area contributed by atoms with Gasteiger partial charge in [0.1, 0.15) is 17.5 Å². The van der Waals surface area contributed by atoms with Crippen LogP contribution in [0.25, 0.3) is 0 Å². The average molecular weight is 547 g/mol. The van der Waals surface area contributed by atoms with Crippen LogP contribution in [0.2, 0.25) is 0 Å². The fourth-order valence-corrected chi connectivity index (χ4v) is 4.74. The van der Waals surface area contributed by atoms with Crippen molar-refractivity contribution in [3.05, 3.63) is 89.5 Å². The van der Waals surface area contributed by atoms with E-state index in [1.807, 2.05) is 12.1 Å². The molecule has 1 fully saturated rings. The van der Waals surface area contributed by atoms with Gasteiger partial charge >= 0.3 is 12.0 Å². The third-order valence-corrected chi connectivity index (χ3v) is 6.83. The standard InChI is InChI=1S/C30H34N4O6/c35-25-12-4-20(5-13-25)17-27(33-30(40)32-23-10-8-22(9-11-23)29(38)39)28(37)31-24-3-1-2-16-34(19-24)18-21-6-14-26(36)15-7-21/h4-15,24,27,35-36H,1-3,16-19H2,(H,31,37)(H,38,39)(H2,32,33,40)/t24?,27-/m0/s1. The maximum atomic E-state index is 13.5. The SMILES string of the molecule is O=C(Nc1ccc(C(=O)O)cc1)N[C@@H](Cc1ccc(O)cc1)C(=O)NC1CCCCN(Cc2ccc(O)cc2)C1. The van der Waals surface area contributed by atoms with Gasteiger partial charge in [0, 0.05) is 31.2 Å². The Balaban J connectivity index is 1.42. The van der Waals surface area contributed by atoms with E-state index < -0.39 is 18.0 Å². The Hall–Kier alpha value is -4.57. The Kier molecular flexibility index (Phi) is 9.58. The number of phenolic OH excluding ortho intramolecular Hbond substituents is 2. The lowest BCUT2D eigenvalue weighted by Crippen LogP contribution is -2.53. The van der Waals surface area contributed by atoms with Crippen molar-refractivity contribution in [1.29, 1.82) is 0 Å². The van der Waals surface area contributed by atoms with Gasteiger partial charge in [0.25, 0.3) is 0 Å². The van der Waals surface area contributed by atoms with Crippen molar-refractivity contribution in [3.63, 3.8) is 0 Å². The number of phenols is 2. The molecule has 6 N–H and O–H groups in total. The van der Waals surface area contributed by atoms with E-state index in [9.17, 15) is 24.6 Å². The average Bonchev–Trinajstić information content (AvgIpc) is 3.15. The summed E-state index contributed by atoms with van der Waals surface area (Å²) in [5.74, 6) is -1.06. The highest BCUT2D eigenvalue weighted by Crippen LogP contribution is 2.17. The predicted octanol–water partition coefficient (Wildman–Crippen LogP) is 3.70. The number of carboxylic acids is 1. The Morgan fingerprint density at radius 3 is 2.10 bits per heavy atom. The van der Waals surface area contributed by atoms with Crippen molar-refractivity contribution >= 4 is 23.6 Å². The molecule has 1 unspecified atom stereocenters. The van der Waals surface area contributed by atoms with Crippen LogP contribution in [0.1, 0.15) is 40.7 Å². The number of anilines is 1. The molecule has 3 aromatic carbocycles. The lowest BCUT2D eigenvalue weighted by atomic mass is 10.0. The molecule has 0 spiro atoms. The van der Waals surface area contributed by atoms with Crippen LogP contribution in [0.15, 0.2) is 72.8 Å². The Morgan fingerprint density at radius 1 is 0.850 bits per heavy atom. The van der Waals surface area contributed by atoms with Gasteiger partial charge in [0.2, 0.25) is 5.91 Å². The van der Waals surface area contributed by atoms with E-state index >= 15 is 0 Å². The monoisotopic (exact) mass is 546 g/mol. The lowest BCUT2D eigenvalue weighted by molar-refractivity contribution is -0.123. The summed E-state index contributed by atoms with van der Waals surface area (Å²) >= 11 is 0. The molecule has 4 rings (SSSR count). The molecule has 1 aliphatic rings. The van der Waals surface area contributed by atoms with Crippen LogP contribution >= 0.6 is 0 Å². The maximum absolute atomic E-state index is 13.5. The molecular formula is C30H34N4O6. The summed E-state index contributed by atoms with van der Waals surface area (Å²) in [6.07, 6.45) is 2.98. The van der Waals surface area contributed by atoms with E-state index in [0.717, 1.165) is 36.9 Å². The molecule has 3 amide bonds. The van der Waals surface area contributed by atoms with Crippen LogP contribution in [-0.2, 0) is 17.8 Å². The van der Waals surface area contributed by atoms with Gasteiger partial charge in [-0.15, -0.1) is 0 Å². The number of benzene rings is 3. The van der Waals surface area contributed by atoms with Crippen molar-refractivity contribution in [2.75, 3.05) is 18.4 Å². The van der Waals surface area contributed by atoms with Crippen LogP contribution in [0.5, 0.6) is 11.5 Å².